The second kappa shape index (κ2) is 6.30. The van der Waals surface area contributed by atoms with Crippen molar-refractivity contribution in [2.45, 2.75) is 17.2 Å². The molecule has 1 heterocycles. The van der Waals surface area contributed by atoms with E-state index in [1.165, 1.54) is 6.07 Å². The molecule has 1 saturated heterocycles. The van der Waals surface area contributed by atoms with E-state index in [1.807, 2.05) is 0 Å². The number of benzene rings is 1. The largest absolute Gasteiger partial charge is 0.417 e. The normalized spacial score (nSPS) is 20.4. The summed E-state index contributed by atoms with van der Waals surface area (Å²) in [5.74, 6) is 0. The Morgan fingerprint density at radius 3 is 2.67 bits per heavy atom. The Balaban J connectivity index is 2.16. The fraction of sp³-hybridized carbons (Fsp3) is 0.500. The van der Waals surface area contributed by atoms with Crippen LogP contribution in [-0.4, -0.2) is 40.8 Å². The molecular formula is C12H15F3N2O3S. The summed E-state index contributed by atoms with van der Waals surface area (Å²) >= 11 is 0. The minimum atomic E-state index is -4.73. The number of rotatable bonds is 4. The smallest absolute Gasteiger partial charge is 0.374 e. The van der Waals surface area contributed by atoms with E-state index in [-0.39, 0.29) is 6.54 Å². The molecule has 1 unspecified atom stereocenters. The lowest BCUT2D eigenvalue weighted by Gasteiger charge is -2.24. The first-order valence-corrected chi connectivity index (χ1v) is 7.77. The Kier molecular flexibility index (Phi) is 4.87. The topological polar surface area (TPSA) is 67.4 Å². The van der Waals surface area contributed by atoms with Gasteiger partial charge in [0.1, 0.15) is 0 Å². The molecule has 21 heavy (non-hydrogen) atoms. The first-order chi connectivity index (χ1) is 9.81. The van der Waals surface area contributed by atoms with Crippen molar-refractivity contribution >= 4 is 10.0 Å². The van der Waals surface area contributed by atoms with Crippen molar-refractivity contribution in [1.29, 1.82) is 0 Å². The Bertz CT molecular complexity index is 584. The molecule has 2 rings (SSSR count). The molecule has 1 atom stereocenters. The summed E-state index contributed by atoms with van der Waals surface area (Å²) in [5.41, 5.74) is -1.18. The van der Waals surface area contributed by atoms with Crippen LogP contribution in [0.2, 0.25) is 0 Å². The standard InChI is InChI=1S/C12H15F3N2O3S/c13-12(14,15)10-3-1-2-4-11(10)21(18,19)17-8-9-7-16-5-6-20-9/h1-4,9,16-17H,5-8H2. The van der Waals surface area contributed by atoms with Gasteiger partial charge >= 0.3 is 6.18 Å². The summed E-state index contributed by atoms with van der Waals surface area (Å²) in [6, 6.07) is 4.08. The summed E-state index contributed by atoms with van der Waals surface area (Å²) in [4.78, 5) is -0.777. The number of hydrogen-bond acceptors (Lipinski definition) is 4. The van der Waals surface area contributed by atoms with E-state index in [9.17, 15) is 21.6 Å². The van der Waals surface area contributed by atoms with Gasteiger partial charge in [-0.25, -0.2) is 13.1 Å². The zero-order valence-corrected chi connectivity index (χ0v) is 11.8. The van der Waals surface area contributed by atoms with Gasteiger partial charge in [0, 0.05) is 19.6 Å². The first-order valence-electron chi connectivity index (χ1n) is 6.29. The molecule has 9 heteroatoms. The highest BCUT2D eigenvalue weighted by molar-refractivity contribution is 7.89. The Morgan fingerprint density at radius 2 is 2.05 bits per heavy atom. The number of sulfonamides is 1. The molecule has 0 aliphatic carbocycles. The van der Waals surface area contributed by atoms with Gasteiger partial charge in [-0.2, -0.15) is 13.2 Å². The second-order valence-electron chi connectivity index (χ2n) is 4.54. The van der Waals surface area contributed by atoms with E-state index in [1.54, 1.807) is 0 Å². The maximum absolute atomic E-state index is 12.8. The van der Waals surface area contributed by atoms with Crippen LogP contribution >= 0.6 is 0 Å². The summed E-state index contributed by atoms with van der Waals surface area (Å²) in [5, 5.41) is 3.01. The lowest BCUT2D eigenvalue weighted by molar-refractivity contribution is -0.139. The van der Waals surface area contributed by atoms with Gasteiger partial charge in [-0.1, -0.05) is 12.1 Å². The van der Waals surface area contributed by atoms with Crippen molar-refractivity contribution in [2.75, 3.05) is 26.2 Å². The van der Waals surface area contributed by atoms with Crippen LogP contribution in [0.4, 0.5) is 13.2 Å². The monoisotopic (exact) mass is 324 g/mol. The van der Waals surface area contributed by atoms with Crippen LogP contribution in [0.1, 0.15) is 5.56 Å². The zero-order chi connectivity index (χ0) is 15.5. The highest BCUT2D eigenvalue weighted by Crippen LogP contribution is 2.33. The van der Waals surface area contributed by atoms with Crippen molar-refractivity contribution in [3.63, 3.8) is 0 Å². The molecule has 0 radical (unpaired) electrons. The van der Waals surface area contributed by atoms with Crippen molar-refractivity contribution in [3.8, 4) is 0 Å². The fourth-order valence-electron chi connectivity index (χ4n) is 1.97. The number of morpholine rings is 1. The number of nitrogens with one attached hydrogen (secondary N) is 2. The summed E-state index contributed by atoms with van der Waals surface area (Å²) in [7, 11) is -4.25. The SMILES string of the molecule is O=S(=O)(NCC1CNCCO1)c1ccccc1C(F)(F)F. The quantitative estimate of drug-likeness (QED) is 0.866. The van der Waals surface area contributed by atoms with Crippen molar-refractivity contribution in [3.05, 3.63) is 29.8 Å². The Hall–Kier alpha value is -1.16. The van der Waals surface area contributed by atoms with Gasteiger partial charge in [0.05, 0.1) is 23.2 Å². The molecule has 0 saturated carbocycles. The third-order valence-electron chi connectivity index (χ3n) is 2.99. The van der Waals surface area contributed by atoms with Crippen LogP contribution in [0.5, 0.6) is 0 Å². The van der Waals surface area contributed by atoms with Gasteiger partial charge in [0.25, 0.3) is 0 Å². The minimum Gasteiger partial charge on any atom is -0.374 e. The number of ether oxygens (including phenoxy) is 1. The van der Waals surface area contributed by atoms with Gasteiger partial charge in [-0.05, 0) is 12.1 Å². The van der Waals surface area contributed by atoms with E-state index in [0.29, 0.717) is 19.7 Å². The third kappa shape index (κ3) is 4.16. The molecule has 1 fully saturated rings. The molecular weight excluding hydrogens is 309 g/mol. The molecule has 0 spiro atoms. The van der Waals surface area contributed by atoms with Gasteiger partial charge in [0.15, 0.2) is 0 Å². The van der Waals surface area contributed by atoms with Crippen LogP contribution < -0.4 is 10.0 Å². The Morgan fingerprint density at radius 1 is 1.33 bits per heavy atom. The molecule has 5 nitrogen and oxygen atoms in total. The molecule has 1 aliphatic heterocycles. The van der Waals surface area contributed by atoms with Crippen LogP contribution in [0.3, 0.4) is 0 Å². The second-order valence-corrected chi connectivity index (χ2v) is 6.28. The molecule has 1 aliphatic rings. The lowest BCUT2D eigenvalue weighted by Crippen LogP contribution is -2.45. The highest BCUT2D eigenvalue weighted by atomic mass is 32.2. The predicted octanol–water partition coefficient (Wildman–Crippen LogP) is 0.972. The highest BCUT2D eigenvalue weighted by Gasteiger charge is 2.36. The maximum Gasteiger partial charge on any atom is 0.417 e. The van der Waals surface area contributed by atoms with Crippen molar-refractivity contribution < 1.29 is 26.3 Å². The van der Waals surface area contributed by atoms with E-state index in [2.05, 4.69) is 10.0 Å². The van der Waals surface area contributed by atoms with Gasteiger partial charge in [0.2, 0.25) is 10.0 Å². The number of alkyl halides is 3. The average molecular weight is 324 g/mol. The zero-order valence-electron chi connectivity index (χ0n) is 11.0. The van der Waals surface area contributed by atoms with Crippen LogP contribution in [-0.2, 0) is 20.9 Å². The van der Waals surface area contributed by atoms with E-state index in [4.69, 9.17) is 4.74 Å². The molecule has 1 aromatic rings. The van der Waals surface area contributed by atoms with E-state index >= 15 is 0 Å². The van der Waals surface area contributed by atoms with Gasteiger partial charge in [-0.3, -0.25) is 0 Å². The van der Waals surface area contributed by atoms with Crippen molar-refractivity contribution in [2.24, 2.45) is 0 Å². The summed E-state index contributed by atoms with van der Waals surface area (Å²) in [6.45, 7) is 1.47. The predicted molar refractivity (Wildman–Crippen MR) is 69.2 cm³/mol. The minimum absolute atomic E-state index is 0.0818. The molecule has 0 amide bonds. The first kappa shape index (κ1) is 16.2. The van der Waals surface area contributed by atoms with Gasteiger partial charge in [-0.15, -0.1) is 0 Å². The Labute approximate surface area is 120 Å². The van der Waals surface area contributed by atoms with Gasteiger partial charge < -0.3 is 10.1 Å². The molecule has 1 aromatic carbocycles. The summed E-state index contributed by atoms with van der Waals surface area (Å²) in [6.07, 6.45) is -5.12. The van der Waals surface area contributed by atoms with E-state index in [0.717, 1.165) is 18.2 Å². The van der Waals surface area contributed by atoms with Crippen LogP contribution in [0.15, 0.2) is 29.2 Å². The molecule has 0 bridgehead atoms. The fourth-order valence-corrected chi connectivity index (χ4v) is 3.26. The average Bonchev–Trinajstić information content (AvgIpc) is 2.45. The number of halogens is 3. The molecule has 118 valence electrons. The summed E-state index contributed by atoms with van der Waals surface area (Å²) < 4.78 is 70.1. The molecule has 0 aromatic heterocycles. The lowest BCUT2D eigenvalue weighted by atomic mass is 10.2. The number of hydrogen-bond donors (Lipinski definition) is 2. The van der Waals surface area contributed by atoms with Crippen LogP contribution in [0, 0.1) is 0 Å². The third-order valence-corrected chi connectivity index (χ3v) is 4.47. The molecule has 2 N–H and O–H groups in total. The van der Waals surface area contributed by atoms with Crippen LogP contribution in [0.25, 0.3) is 0 Å². The maximum atomic E-state index is 12.8. The van der Waals surface area contributed by atoms with Crippen molar-refractivity contribution in [1.82, 2.24) is 10.0 Å². The van der Waals surface area contributed by atoms with E-state index < -0.39 is 32.8 Å².